The molecule has 0 fully saturated rings. The number of benzene rings is 2. The van der Waals surface area contributed by atoms with Crippen LogP contribution in [0.2, 0.25) is 0 Å². The van der Waals surface area contributed by atoms with Crippen LogP contribution in [0.3, 0.4) is 0 Å². The zero-order valence-electron chi connectivity index (χ0n) is 12.5. The van der Waals surface area contributed by atoms with Crippen molar-refractivity contribution in [1.29, 1.82) is 0 Å². The van der Waals surface area contributed by atoms with Crippen LogP contribution in [0.15, 0.2) is 42.5 Å². The monoisotopic (exact) mass is 322 g/mol. The summed E-state index contributed by atoms with van der Waals surface area (Å²) in [5.41, 5.74) is 8.21. The second-order valence-corrected chi connectivity index (χ2v) is 5.62. The van der Waals surface area contributed by atoms with E-state index in [0.717, 1.165) is 23.3 Å². The highest BCUT2D eigenvalue weighted by Crippen LogP contribution is 2.43. The Kier molecular flexibility index (Phi) is 3.93. The van der Waals surface area contributed by atoms with Gasteiger partial charge in [0.05, 0.1) is 17.7 Å². The minimum absolute atomic E-state index is 0.112. The lowest BCUT2D eigenvalue weighted by Crippen LogP contribution is -2.10. The van der Waals surface area contributed by atoms with Crippen molar-refractivity contribution in [3.8, 4) is 0 Å². The van der Waals surface area contributed by atoms with Gasteiger partial charge in [0.25, 0.3) is 0 Å². The molecular formula is C17H17F3N2O. The lowest BCUT2D eigenvalue weighted by Gasteiger charge is -2.17. The van der Waals surface area contributed by atoms with E-state index in [4.69, 9.17) is 10.5 Å². The minimum atomic E-state index is -4.35. The summed E-state index contributed by atoms with van der Waals surface area (Å²) in [5, 5.41) is 3.17. The van der Waals surface area contributed by atoms with E-state index in [1.54, 1.807) is 19.2 Å². The summed E-state index contributed by atoms with van der Waals surface area (Å²) >= 11 is 0. The maximum absolute atomic E-state index is 12.8. The van der Waals surface area contributed by atoms with Crippen molar-refractivity contribution in [2.75, 3.05) is 18.2 Å². The Morgan fingerprint density at radius 2 is 1.91 bits per heavy atom. The van der Waals surface area contributed by atoms with Gasteiger partial charge in [0.2, 0.25) is 0 Å². The third-order valence-electron chi connectivity index (χ3n) is 4.10. The van der Waals surface area contributed by atoms with Crippen molar-refractivity contribution < 1.29 is 17.9 Å². The van der Waals surface area contributed by atoms with Gasteiger partial charge in [-0.1, -0.05) is 12.1 Å². The van der Waals surface area contributed by atoms with Gasteiger partial charge in [-0.25, -0.2) is 0 Å². The van der Waals surface area contributed by atoms with Crippen molar-refractivity contribution in [2.24, 2.45) is 0 Å². The number of nitrogen functional groups attached to an aromatic ring is 1. The number of halogens is 3. The number of alkyl halides is 3. The van der Waals surface area contributed by atoms with Crippen molar-refractivity contribution in [3.05, 3.63) is 59.2 Å². The third kappa shape index (κ3) is 3.12. The summed E-state index contributed by atoms with van der Waals surface area (Å²) < 4.78 is 43.9. The Morgan fingerprint density at radius 1 is 1.13 bits per heavy atom. The van der Waals surface area contributed by atoms with Gasteiger partial charge in [0.1, 0.15) is 0 Å². The molecule has 0 spiro atoms. The van der Waals surface area contributed by atoms with Crippen LogP contribution in [-0.2, 0) is 10.9 Å². The van der Waals surface area contributed by atoms with E-state index in [0.29, 0.717) is 17.8 Å². The van der Waals surface area contributed by atoms with Gasteiger partial charge in [-0.05, 0) is 41.5 Å². The molecule has 0 radical (unpaired) electrons. The Bertz CT molecular complexity index is 715. The van der Waals surface area contributed by atoms with Gasteiger partial charge in [-0.15, -0.1) is 0 Å². The molecule has 3 rings (SSSR count). The first-order valence-electron chi connectivity index (χ1n) is 7.24. The van der Waals surface area contributed by atoms with Crippen LogP contribution in [0.4, 0.5) is 24.5 Å². The summed E-state index contributed by atoms with van der Waals surface area (Å²) in [4.78, 5) is 0. The molecule has 1 aliphatic carbocycles. The van der Waals surface area contributed by atoms with E-state index in [1.807, 2.05) is 12.1 Å². The van der Waals surface area contributed by atoms with Gasteiger partial charge in [0.15, 0.2) is 0 Å². The predicted molar refractivity (Wildman–Crippen MR) is 83.0 cm³/mol. The SMILES string of the molecule is CO[C@H]1C[C@@H](Nc2cccc(C(F)(F)F)c2)c2ccc(N)cc21. The Balaban J connectivity index is 1.88. The van der Waals surface area contributed by atoms with Gasteiger partial charge in [0, 0.05) is 24.9 Å². The van der Waals surface area contributed by atoms with E-state index in [-0.39, 0.29) is 12.1 Å². The van der Waals surface area contributed by atoms with Crippen molar-refractivity contribution in [1.82, 2.24) is 0 Å². The number of rotatable bonds is 3. The van der Waals surface area contributed by atoms with Crippen LogP contribution in [0, 0.1) is 0 Å². The molecule has 2 aromatic rings. The lowest BCUT2D eigenvalue weighted by atomic mass is 10.1. The maximum Gasteiger partial charge on any atom is 0.416 e. The molecule has 0 heterocycles. The highest BCUT2D eigenvalue weighted by Gasteiger charge is 2.33. The largest absolute Gasteiger partial charge is 0.416 e. The van der Waals surface area contributed by atoms with Gasteiger partial charge in [-0.2, -0.15) is 13.2 Å². The molecule has 1 aliphatic rings. The molecular weight excluding hydrogens is 305 g/mol. The standard InChI is InChI=1S/C17H17F3N2O/c1-23-16-9-15(13-6-5-11(21)8-14(13)16)22-12-4-2-3-10(7-12)17(18,19)20/h2-8,15-16,22H,9,21H2,1H3/t15-,16+/m1/s1. The summed E-state index contributed by atoms with van der Waals surface area (Å²) in [6, 6.07) is 10.6. The van der Waals surface area contributed by atoms with Gasteiger partial charge < -0.3 is 15.8 Å². The van der Waals surface area contributed by atoms with E-state index in [2.05, 4.69) is 5.32 Å². The molecule has 3 N–H and O–H groups in total. The van der Waals surface area contributed by atoms with Gasteiger partial charge >= 0.3 is 6.18 Å². The second-order valence-electron chi connectivity index (χ2n) is 5.62. The number of methoxy groups -OCH3 is 1. The number of ether oxygens (including phenoxy) is 1. The number of hydrogen-bond acceptors (Lipinski definition) is 3. The molecule has 0 bridgehead atoms. The molecule has 0 saturated heterocycles. The quantitative estimate of drug-likeness (QED) is 0.816. The molecule has 0 saturated carbocycles. The molecule has 2 aromatic carbocycles. The zero-order valence-corrected chi connectivity index (χ0v) is 12.5. The molecule has 0 aromatic heterocycles. The van der Waals surface area contributed by atoms with E-state index < -0.39 is 11.7 Å². The summed E-state index contributed by atoms with van der Waals surface area (Å²) in [5.74, 6) is 0. The van der Waals surface area contributed by atoms with E-state index in [1.165, 1.54) is 6.07 Å². The summed E-state index contributed by atoms with van der Waals surface area (Å²) in [6.45, 7) is 0. The third-order valence-corrected chi connectivity index (χ3v) is 4.10. The van der Waals surface area contributed by atoms with Crippen molar-refractivity contribution in [3.63, 3.8) is 0 Å². The molecule has 122 valence electrons. The molecule has 6 heteroatoms. The van der Waals surface area contributed by atoms with E-state index in [9.17, 15) is 13.2 Å². The highest BCUT2D eigenvalue weighted by molar-refractivity contribution is 5.54. The smallest absolute Gasteiger partial charge is 0.399 e. The average molecular weight is 322 g/mol. The summed E-state index contributed by atoms with van der Waals surface area (Å²) in [7, 11) is 1.62. The zero-order chi connectivity index (χ0) is 16.6. The fourth-order valence-corrected chi connectivity index (χ4v) is 3.00. The summed E-state index contributed by atoms with van der Waals surface area (Å²) in [6.07, 6.45) is -3.82. The highest BCUT2D eigenvalue weighted by atomic mass is 19.4. The molecule has 0 unspecified atom stereocenters. The second kappa shape index (κ2) is 5.77. The first kappa shape index (κ1) is 15.7. The fourth-order valence-electron chi connectivity index (χ4n) is 3.00. The Labute approximate surface area is 132 Å². The van der Waals surface area contributed by atoms with Crippen molar-refractivity contribution >= 4 is 11.4 Å². The molecule has 2 atom stereocenters. The minimum Gasteiger partial charge on any atom is -0.399 e. The molecule has 3 nitrogen and oxygen atoms in total. The average Bonchev–Trinajstić information content (AvgIpc) is 2.84. The Morgan fingerprint density at radius 3 is 2.61 bits per heavy atom. The number of hydrogen-bond donors (Lipinski definition) is 2. The molecule has 0 amide bonds. The van der Waals surface area contributed by atoms with Gasteiger partial charge in [-0.3, -0.25) is 0 Å². The number of nitrogens with two attached hydrogens (primary N) is 1. The van der Waals surface area contributed by atoms with Crippen LogP contribution >= 0.6 is 0 Å². The first-order valence-corrected chi connectivity index (χ1v) is 7.24. The van der Waals surface area contributed by atoms with Crippen LogP contribution in [0.1, 0.15) is 35.3 Å². The predicted octanol–water partition coefficient (Wildman–Crippen LogP) is 4.53. The number of anilines is 2. The number of nitrogens with one attached hydrogen (secondary N) is 1. The maximum atomic E-state index is 12.8. The van der Waals surface area contributed by atoms with Crippen LogP contribution in [0.5, 0.6) is 0 Å². The molecule has 23 heavy (non-hydrogen) atoms. The first-order chi connectivity index (χ1) is 10.9. The van der Waals surface area contributed by atoms with Crippen LogP contribution in [0.25, 0.3) is 0 Å². The van der Waals surface area contributed by atoms with Crippen LogP contribution in [-0.4, -0.2) is 7.11 Å². The normalized spacial score (nSPS) is 20.3. The van der Waals surface area contributed by atoms with Crippen molar-refractivity contribution in [2.45, 2.75) is 24.7 Å². The Hall–Kier alpha value is -2.21. The topological polar surface area (TPSA) is 47.3 Å². The fraction of sp³-hybridized carbons (Fsp3) is 0.294. The molecule has 0 aliphatic heterocycles. The van der Waals surface area contributed by atoms with E-state index >= 15 is 0 Å². The lowest BCUT2D eigenvalue weighted by molar-refractivity contribution is -0.137. The number of fused-ring (bicyclic) bond motifs is 1. The van der Waals surface area contributed by atoms with Crippen LogP contribution < -0.4 is 11.1 Å².